The first-order valence-corrected chi connectivity index (χ1v) is 8.98. The lowest BCUT2D eigenvalue weighted by molar-refractivity contribution is -0.136. The highest BCUT2D eigenvalue weighted by molar-refractivity contribution is 5.88. The maximum Gasteiger partial charge on any atom is 0.260 e. The van der Waals surface area contributed by atoms with Crippen molar-refractivity contribution in [2.75, 3.05) is 32.8 Å². The molecule has 3 rings (SSSR count). The molecule has 1 aliphatic rings. The third-order valence-corrected chi connectivity index (χ3v) is 4.60. The fourth-order valence-corrected chi connectivity index (χ4v) is 3.16. The molecule has 0 atom stereocenters. The zero-order chi connectivity index (χ0) is 17.5. The molecule has 2 aromatic carbocycles. The van der Waals surface area contributed by atoms with E-state index in [9.17, 15) is 4.79 Å². The number of benzene rings is 2. The van der Waals surface area contributed by atoms with Gasteiger partial charge < -0.3 is 20.1 Å². The second-order valence-electron chi connectivity index (χ2n) is 6.36. The van der Waals surface area contributed by atoms with Crippen molar-refractivity contribution in [2.24, 2.45) is 5.73 Å². The summed E-state index contributed by atoms with van der Waals surface area (Å²) in [7, 11) is 0. The van der Waals surface area contributed by atoms with Crippen LogP contribution in [0, 0.1) is 0 Å². The van der Waals surface area contributed by atoms with E-state index < -0.39 is 0 Å². The minimum atomic E-state index is 0.0355. The quantitative estimate of drug-likeness (QED) is 0.786. The van der Waals surface area contributed by atoms with E-state index in [4.69, 9.17) is 15.2 Å². The fraction of sp³-hybridized carbons (Fsp3) is 0.450. The molecule has 1 heterocycles. The summed E-state index contributed by atoms with van der Waals surface area (Å²) in [6.45, 7) is 2.89. The van der Waals surface area contributed by atoms with Gasteiger partial charge in [-0.25, -0.2) is 0 Å². The number of fused-ring (bicyclic) bond motifs is 1. The largest absolute Gasteiger partial charge is 0.483 e. The zero-order valence-electron chi connectivity index (χ0n) is 14.5. The van der Waals surface area contributed by atoms with Crippen LogP contribution in [0.4, 0.5) is 0 Å². The molecule has 1 saturated heterocycles. The number of rotatable bonds is 7. The molecule has 0 radical (unpaired) electrons. The van der Waals surface area contributed by atoms with Crippen molar-refractivity contribution >= 4 is 16.7 Å². The normalized spacial score (nSPS) is 15.5. The van der Waals surface area contributed by atoms with Gasteiger partial charge in [0.25, 0.3) is 5.91 Å². The van der Waals surface area contributed by atoms with E-state index in [2.05, 4.69) is 0 Å². The van der Waals surface area contributed by atoms with Crippen molar-refractivity contribution in [2.45, 2.75) is 25.4 Å². The molecule has 0 unspecified atom stereocenters. The van der Waals surface area contributed by atoms with Crippen LogP contribution in [0.5, 0.6) is 5.75 Å². The molecule has 0 saturated carbocycles. The molecule has 5 heteroatoms. The van der Waals surface area contributed by atoms with Crippen LogP contribution >= 0.6 is 0 Å². The van der Waals surface area contributed by atoms with Crippen LogP contribution in [0.15, 0.2) is 42.5 Å². The standard InChI is InChI=1S/C20H26N2O3/c21-11-4-14-24-17-9-12-22(13-10-17)20(23)15-25-19-8-3-6-16-5-1-2-7-18(16)19/h1-3,5-8,17H,4,9-15,21H2. The Morgan fingerprint density at radius 1 is 1.12 bits per heavy atom. The Kier molecular flexibility index (Phi) is 6.25. The van der Waals surface area contributed by atoms with E-state index in [-0.39, 0.29) is 18.6 Å². The van der Waals surface area contributed by atoms with E-state index >= 15 is 0 Å². The number of nitrogens with zero attached hydrogens (tertiary/aromatic N) is 1. The summed E-state index contributed by atoms with van der Waals surface area (Å²) in [4.78, 5) is 14.3. The Hall–Kier alpha value is -2.11. The summed E-state index contributed by atoms with van der Waals surface area (Å²) in [5, 5.41) is 2.15. The van der Waals surface area contributed by atoms with Crippen molar-refractivity contribution in [3.05, 3.63) is 42.5 Å². The van der Waals surface area contributed by atoms with Crippen LogP contribution in [-0.2, 0) is 9.53 Å². The molecule has 5 nitrogen and oxygen atoms in total. The first-order chi connectivity index (χ1) is 12.3. The van der Waals surface area contributed by atoms with Gasteiger partial charge in [-0.1, -0.05) is 36.4 Å². The molecular weight excluding hydrogens is 316 g/mol. The predicted molar refractivity (Wildman–Crippen MR) is 98.7 cm³/mol. The van der Waals surface area contributed by atoms with Crippen molar-refractivity contribution in [3.8, 4) is 5.75 Å². The first kappa shape index (κ1) is 17.7. The maximum absolute atomic E-state index is 12.4. The molecular formula is C20H26N2O3. The number of nitrogens with two attached hydrogens (primary N) is 1. The molecule has 1 amide bonds. The van der Waals surface area contributed by atoms with Gasteiger partial charge in [0.2, 0.25) is 0 Å². The Morgan fingerprint density at radius 2 is 1.88 bits per heavy atom. The van der Waals surface area contributed by atoms with Crippen LogP contribution in [0.3, 0.4) is 0 Å². The minimum Gasteiger partial charge on any atom is -0.483 e. The molecule has 134 valence electrons. The van der Waals surface area contributed by atoms with Gasteiger partial charge in [0.05, 0.1) is 6.10 Å². The summed E-state index contributed by atoms with van der Waals surface area (Å²) in [6, 6.07) is 13.9. The molecule has 2 N–H and O–H groups in total. The van der Waals surface area contributed by atoms with E-state index in [0.29, 0.717) is 13.2 Å². The molecule has 0 aliphatic carbocycles. The first-order valence-electron chi connectivity index (χ1n) is 8.98. The third-order valence-electron chi connectivity index (χ3n) is 4.60. The summed E-state index contributed by atoms with van der Waals surface area (Å²) in [5.74, 6) is 0.791. The minimum absolute atomic E-state index is 0.0355. The fourth-order valence-electron chi connectivity index (χ4n) is 3.16. The van der Waals surface area contributed by atoms with Crippen LogP contribution < -0.4 is 10.5 Å². The molecule has 25 heavy (non-hydrogen) atoms. The lowest BCUT2D eigenvalue weighted by Gasteiger charge is -2.32. The number of hydrogen-bond donors (Lipinski definition) is 1. The molecule has 2 aromatic rings. The molecule has 1 aliphatic heterocycles. The van der Waals surface area contributed by atoms with Gasteiger partial charge in [0.1, 0.15) is 5.75 Å². The smallest absolute Gasteiger partial charge is 0.260 e. The van der Waals surface area contributed by atoms with Crippen LogP contribution in [0.2, 0.25) is 0 Å². The Balaban J connectivity index is 1.48. The number of hydrogen-bond acceptors (Lipinski definition) is 4. The van der Waals surface area contributed by atoms with Gasteiger partial charge in [0.15, 0.2) is 6.61 Å². The summed E-state index contributed by atoms with van der Waals surface area (Å²) < 4.78 is 11.6. The van der Waals surface area contributed by atoms with Gasteiger partial charge in [-0.05, 0) is 37.3 Å². The lowest BCUT2D eigenvalue weighted by Crippen LogP contribution is -2.43. The molecule has 0 spiro atoms. The maximum atomic E-state index is 12.4. The SMILES string of the molecule is NCCCOC1CCN(C(=O)COc2cccc3ccccc23)CC1. The van der Waals surface area contributed by atoms with Gasteiger partial charge in [-0.15, -0.1) is 0 Å². The third kappa shape index (κ3) is 4.71. The number of amides is 1. The Morgan fingerprint density at radius 3 is 2.68 bits per heavy atom. The average molecular weight is 342 g/mol. The molecule has 0 bridgehead atoms. The number of piperidine rings is 1. The second-order valence-corrected chi connectivity index (χ2v) is 6.36. The van der Waals surface area contributed by atoms with Gasteiger partial charge in [-0.3, -0.25) is 4.79 Å². The monoisotopic (exact) mass is 342 g/mol. The van der Waals surface area contributed by atoms with E-state index in [1.54, 1.807) is 0 Å². The number of carbonyl (C=O) groups is 1. The highest BCUT2D eigenvalue weighted by atomic mass is 16.5. The zero-order valence-corrected chi connectivity index (χ0v) is 14.5. The summed E-state index contributed by atoms with van der Waals surface area (Å²) in [5.41, 5.74) is 5.48. The van der Waals surface area contributed by atoms with Gasteiger partial charge in [-0.2, -0.15) is 0 Å². The van der Waals surface area contributed by atoms with Crippen molar-refractivity contribution in [3.63, 3.8) is 0 Å². The number of ether oxygens (including phenoxy) is 2. The van der Waals surface area contributed by atoms with E-state index in [1.807, 2.05) is 47.4 Å². The average Bonchev–Trinajstić information content (AvgIpc) is 2.67. The van der Waals surface area contributed by atoms with Crippen molar-refractivity contribution in [1.82, 2.24) is 4.90 Å². The van der Waals surface area contributed by atoms with Crippen LogP contribution in [0.25, 0.3) is 10.8 Å². The van der Waals surface area contributed by atoms with Crippen molar-refractivity contribution in [1.29, 1.82) is 0 Å². The highest BCUT2D eigenvalue weighted by Gasteiger charge is 2.23. The van der Waals surface area contributed by atoms with Crippen LogP contribution in [0.1, 0.15) is 19.3 Å². The summed E-state index contributed by atoms with van der Waals surface area (Å²) in [6.07, 6.45) is 2.89. The summed E-state index contributed by atoms with van der Waals surface area (Å²) >= 11 is 0. The van der Waals surface area contributed by atoms with Crippen LogP contribution in [-0.4, -0.2) is 49.8 Å². The Bertz CT molecular complexity index is 691. The Labute approximate surface area is 148 Å². The van der Waals surface area contributed by atoms with Crippen molar-refractivity contribution < 1.29 is 14.3 Å². The lowest BCUT2D eigenvalue weighted by atomic mass is 10.1. The number of likely N-dealkylation sites (tertiary alicyclic amines) is 1. The van der Waals surface area contributed by atoms with Gasteiger partial charge >= 0.3 is 0 Å². The second kappa shape index (κ2) is 8.83. The highest BCUT2D eigenvalue weighted by Crippen LogP contribution is 2.25. The molecule has 0 aromatic heterocycles. The van der Waals surface area contributed by atoms with E-state index in [1.165, 1.54) is 0 Å². The van der Waals surface area contributed by atoms with E-state index in [0.717, 1.165) is 48.9 Å². The van der Waals surface area contributed by atoms with Gasteiger partial charge in [0, 0.05) is 25.1 Å². The topological polar surface area (TPSA) is 64.8 Å². The molecule has 1 fully saturated rings. The number of carbonyl (C=O) groups excluding carboxylic acids is 1. The predicted octanol–water partition coefficient (Wildman–Crippen LogP) is 2.58.